The molecule has 1 unspecified atom stereocenters. The van der Waals surface area contributed by atoms with E-state index in [-0.39, 0.29) is 34.5 Å². The molecule has 1 aliphatic heterocycles. The molecule has 4 aliphatic rings. The van der Waals surface area contributed by atoms with Gasteiger partial charge in [0.25, 0.3) is 0 Å². The van der Waals surface area contributed by atoms with Crippen LogP contribution >= 0.6 is 11.3 Å². The van der Waals surface area contributed by atoms with Gasteiger partial charge in [0, 0.05) is 4.88 Å². The Balaban J connectivity index is 1.50. The first-order valence-electron chi connectivity index (χ1n) is 14.2. The van der Waals surface area contributed by atoms with E-state index in [1.54, 1.807) is 11.3 Å². The summed E-state index contributed by atoms with van der Waals surface area (Å²) in [6.45, 7) is 17.5. The number of amides is 1. The van der Waals surface area contributed by atoms with Gasteiger partial charge in [-0.05, 0) is 73.0 Å². The Labute approximate surface area is 239 Å². The molecular weight excluding hydrogens is 529 g/mol. The van der Waals surface area contributed by atoms with E-state index in [1.807, 2.05) is 29.7 Å². The summed E-state index contributed by atoms with van der Waals surface area (Å²) in [7, 11) is -2.74. The van der Waals surface area contributed by atoms with Crippen LogP contribution in [0.3, 0.4) is 0 Å². The number of thiophene rings is 1. The third-order valence-corrected chi connectivity index (χ3v) is 15.2. The van der Waals surface area contributed by atoms with Crippen molar-refractivity contribution < 1.29 is 28.4 Å². The van der Waals surface area contributed by atoms with Crippen LogP contribution in [-0.2, 0) is 29.7 Å². The maximum atomic E-state index is 13.1. The van der Waals surface area contributed by atoms with Crippen molar-refractivity contribution in [2.45, 2.75) is 116 Å². The molecule has 2 heterocycles. The average molecular weight is 576 g/mol. The zero-order chi connectivity index (χ0) is 28.8. The van der Waals surface area contributed by atoms with E-state index in [1.165, 1.54) is 6.42 Å². The van der Waals surface area contributed by atoms with Crippen molar-refractivity contribution in [3.63, 3.8) is 0 Å². The zero-order valence-corrected chi connectivity index (χ0v) is 26.6. The van der Waals surface area contributed by atoms with E-state index >= 15 is 0 Å². The third-order valence-electron chi connectivity index (χ3n) is 9.79. The molecule has 39 heavy (non-hydrogen) atoms. The van der Waals surface area contributed by atoms with Crippen LogP contribution in [-0.4, -0.2) is 56.2 Å². The van der Waals surface area contributed by atoms with E-state index in [9.17, 15) is 14.7 Å². The summed E-state index contributed by atoms with van der Waals surface area (Å²) in [5, 5.41) is 14.6. The molecule has 1 saturated heterocycles. The second-order valence-corrected chi connectivity index (χ2v) is 19.8. The topological polar surface area (TPSA) is 94.1 Å². The normalized spacial score (nSPS) is 29.5. The van der Waals surface area contributed by atoms with E-state index in [0.717, 1.165) is 11.3 Å². The monoisotopic (exact) mass is 575 g/mol. The number of rotatable bonds is 11. The second-order valence-electron chi connectivity index (χ2n) is 14.0. The molecular formula is C29H46BNO6SSi. The lowest BCUT2D eigenvalue weighted by atomic mass is 9.45. The summed E-state index contributed by atoms with van der Waals surface area (Å²) in [6.07, 6.45) is 6.03. The van der Waals surface area contributed by atoms with Crippen molar-refractivity contribution in [1.82, 2.24) is 5.32 Å². The van der Waals surface area contributed by atoms with E-state index in [4.69, 9.17) is 13.7 Å². The van der Waals surface area contributed by atoms with Gasteiger partial charge in [-0.1, -0.05) is 52.8 Å². The van der Waals surface area contributed by atoms with Crippen LogP contribution in [0.15, 0.2) is 29.7 Å². The number of carbonyl (C=O) groups excluding carboxylic acids is 1. The molecule has 4 fully saturated rings. The van der Waals surface area contributed by atoms with Gasteiger partial charge >= 0.3 is 13.1 Å². The Bertz CT molecular complexity index is 1070. The quantitative estimate of drug-likeness (QED) is 0.254. The van der Waals surface area contributed by atoms with Crippen molar-refractivity contribution in [3.05, 3.63) is 34.5 Å². The Morgan fingerprint density at radius 2 is 2.05 bits per heavy atom. The number of hydrogen-bond donors (Lipinski definition) is 2. The Hall–Kier alpha value is -1.46. The first-order chi connectivity index (χ1) is 18.0. The van der Waals surface area contributed by atoms with Crippen LogP contribution in [0.5, 0.6) is 0 Å². The lowest BCUT2D eigenvalue weighted by Crippen LogP contribution is -2.63. The molecule has 5 rings (SSSR count). The second kappa shape index (κ2) is 11.1. The SMILES string of the molecule is CC1(C)[C@@H]2C[C@H]1[C@H]1OB([C@@H](C/C=C\C(CC(=O)O)O[Si](C)(C)C(C)(C)C)NC(=O)Cc3cccs3)O[C@@]1(C)C2. The van der Waals surface area contributed by atoms with Crippen LogP contribution in [0, 0.1) is 17.3 Å². The Morgan fingerprint density at radius 3 is 2.64 bits per heavy atom. The average Bonchev–Trinajstić information content (AvgIpc) is 3.43. The lowest BCUT2D eigenvalue weighted by Gasteiger charge is -2.63. The van der Waals surface area contributed by atoms with Crippen LogP contribution in [0.25, 0.3) is 0 Å². The van der Waals surface area contributed by atoms with Gasteiger partial charge in [-0.15, -0.1) is 11.3 Å². The fourth-order valence-corrected chi connectivity index (χ4v) is 8.21. The number of aliphatic carboxylic acids is 1. The maximum absolute atomic E-state index is 13.1. The molecule has 0 aromatic carbocycles. The molecule has 1 aromatic rings. The third kappa shape index (κ3) is 6.56. The van der Waals surface area contributed by atoms with Crippen molar-refractivity contribution in [2.24, 2.45) is 17.3 Å². The fourth-order valence-electron chi connectivity index (χ4n) is 6.24. The van der Waals surface area contributed by atoms with E-state index < -0.39 is 33.5 Å². The van der Waals surface area contributed by atoms with Gasteiger partial charge in [-0.2, -0.15) is 0 Å². The fraction of sp³-hybridized carbons (Fsp3) is 0.724. The molecule has 2 bridgehead atoms. The van der Waals surface area contributed by atoms with Crippen molar-refractivity contribution in [2.75, 3.05) is 0 Å². The minimum Gasteiger partial charge on any atom is -0.481 e. The highest BCUT2D eigenvalue weighted by molar-refractivity contribution is 7.10. The molecule has 216 valence electrons. The summed E-state index contributed by atoms with van der Waals surface area (Å²) in [5.74, 6) is -0.295. The van der Waals surface area contributed by atoms with Gasteiger partial charge in [0.15, 0.2) is 8.32 Å². The number of nitrogens with one attached hydrogen (secondary N) is 1. The van der Waals surface area contributed by atoms with Crippen molar-refractivity contribution in [3.8, 4) is 0 Å². The van der Waals surface area contributed by atoms with Crippen LogP contribution in [0.4, 0.5) is 0 Å². The summed E-state index contributed by atoms with van der Waals surface area (Å²) in [5.41, 5.74) is -0.114. The molecule has 0 radical (unpaired) electrons. The smallest absolute Gasteiger partial charge is 0.481 e. The van der Waals surface area contributed by atoms with E-state index in [0.29, 0.717) is 24.7 Å². The predicted molar refractivity (Wildman–Crippen MR) is 158 cm³/mol. The van der Waals surface area contributed by atoms with Crippen molar-refractivity contribution in [1.29, 1.82) is 0 Å². The molecule has 0 spiro atoms. The molecule has 3 aliphatic carbocycles. The van der Waals surface area contributed by atoms with Crippen LogP contribution < -0.4 is 5.32 Å². The van der Waals surface area contributed by atoms with E-state index in [2.05, 4.69) is 60.0 Å². The van der Waals surface area contributed by atoms with Crippen LogP contribution in [0.1, 0.15) is 72.1 Å². The zero-order valence-electron chi connectivity index (χ0n) is 24.8. The van der Waals surface area contributed by atoms with Crippen molar-refractivity contribution >= 4 is 38.6 Å². The molecule has 2 N–H and O–H groups in total. The highest BCUT2D eigenvalue weighted by Crippen LogP contribution is 2.64. The largest absolute Gasteiger partial charge is 0.482 e. The Morgan fingerprint density at radius 1 is 1.33 bits per heavy atom. The molecule has 6 atom stereocenters. The van der Waals surface area contributed by atoms with Gasteiger partial charge < -0.3 is 24.2 Å². The summed E-state index contributed by atoms with van der Waals surface area (Å²) in [4.78, 5) is 25.7. The molecule has 7 nitrogen and oxygen atoms in total. The first kappa shape index (κ1) is 30.5. The molecule has 1 aromatic heterocycles. The number of carboxylic acid groups (broad SMARTS) is 1. The van der Waals surface area contributed by atoms with Gasteiger partial charge in [0.05, 0.1) is 36.6 Å². The standard InChI is InChI=1S/C29H46BNO6SSi/c1-27(2,3)39(7,8)36-20(16-25(33)34)11-9-13-23(31-24(32)17-21-12-10-14-38-21)30-35-26-22-15-19(28(22,4)5)18-29(26,6)37-30/h9-12,14,19-20,22-23,26H,13,15-18H2,1-8H3,(H,31,32)(H,33,34)/b11-9-/t19-,20?,22+,23-,26-,29+/m1/s1. The molecule has 10 heteroatoms. The number of carboxylic acids is 1. The highest BCUT2D eigenvalue weighted by atomic mass is 32.1. The minimum absolute atomic E-state index is 0.00449. The van der Waals surface area contributed by atoms with Gasteiger partial charge in [-0.25, -0.2) is 0 Å². The number of hydrogen-bond acceptors (Lipinski definition) is 6. The van der Waals surface area contributed by atoms with Gasteiger partial charge in [0.1, 0.15) is 0 Å². The minimum atomic E-state index is -2.18. The summed E-state index contributed by atoms with van der Waals surface area (Å²) < 4.78 is 19.6. The van der Waals surface area contributed by atoms with Crippen LogP contribution in [0.2, 0.25) is 18.1 Å². The molecule has 1 amide bonds. The summed E-state index contributed by atoms with van der Waals surface area (Å²) >= 11 is 1.56. The summed E-state index contributed by atoms with van der Waals surface area (Å²) in [6, 6.07) is 3.91. The van der Waals surface area contributed by atoms with Gasteiger partial charge in [-0.3, -0.25) is 9.59 Å². The lowest BCUT2D eigenvalue weighted by molar-refractivity contribution is -0.185. The first-order valence-corrected chi connectivity index (χ1v) is 18.0. The number of carbonyl (C=O) groups is 2. The maximum Gasteiger partial charge on any atom is 0.482 e. The van der Waals surface area contributed by atoms with Gasteiger partial charge in [0.2, 0.25) is 5.91 Å². The predicted octanol–water partition coefficient (Wildman–Crippen LogP) is 5.85. The highest BCUT2D eigenvalue weighted by Gasteiger charge is 2.67. The Kier molecular flexibility index (Phi) is 8.67. The molecule has 3 saturated carbocycles.